The van der Waals surface area contributed by atoms with Gasteiger partial charge in [-0.1, -0.05) is 0 Å². The Morgan fingerprint density at radius 3 is 3.00 bits per heavy atom. The molecule has 19 heavy (non-hydrogen) atoms. The lowest BCUT2D eigenvalue weighted by Crippen LogP contribution is -2.37. The molecule has 4 heteroatoms. The van der Waals surface area contributed by atoms with E-state index in [1.165, 1.54) is 0 Å². The molecule has 100 valence electrons. The van der Waals surface area contributed by atoms with E-state index in [4.69, 9.17) is 5.11 Å². The highest BCUT2D eigenvalue weighted by Gasteiger charge is 2.31. The second kappa shape index (κ2) is 5.05. The Kier molecular flexibility index (Phi) is 3.25. The van der Waals surface area contributed by atoms with Crippen LogP contribution in [0.2, 0.25) is 0 Å². The van der Waals surface area contributed by atoms with Crippen LogP contribution >= 0.6 is 0 Å². The predicted octanol–water partition coefficient (Wildman–Crippen LogP) is 2.06. The summed E-state index contributed by atoms with van der Waals surface area (Å²) >= 11 is 0. The molecule has 0 saturated heterocycles. The van der Waals surface area contributed by atoms with Crippen LogP contribution in [0.3, 0.4) is 0 Å². The molecule has 1 heterocycles. The van der Waals surface area contributed by atoms with Crippen LogP contribution in [-0.2, 0) is 0 Å². The van der Waals surface area contributed by atoms with Crippen LogP contribution in [0.5, 0.6) is 0 Å². The maximum Gasteiger partial charge on any atom is 0.251 e. The van der Waals surface area contributed by atoms with Gasteiger partial charge in [-0.05, 0) is 49.4 Å². The van der Waals surface area contributed by atoms with Crippen molar-refractivity contribution in [2.75, 3.05) is 6.61 Å². The fraction of sp³-hybridized carbons (Fsp3) is 0.400. The molecular formula is C15H18N2O2. The molecule has 4 nitrogen and oxygen atoms in total. The van der Waals surface area contributed by atoms with Gasteiger partial charge in [0.1, 0.15) is 0 Å². The first kappa shape index (κ1) is 12.2. The molecule has 1 aromatic carbocycles. The molecule has 1 saturated carbocycles. The van der Waals surface area contributed by atoms with Gasteiger partial charge in [0.25, 0.3) is 5.91 Å². The number of benzene rings is 1. The number of aromatic nitrogens is 1. The van der Waals surface area contributed by atoms with Crippen molar-refractivity contribution >= 4 is 16.8 Å². The summed E-state index contributed by atoms with van der Waals surface area (Å²) in [5.74, 6) is 0.500. The molecule has 3 rings (SSSR count). The van der Waals surface area contributed by atoms with E-state index < -0.39 is 0 Å². The number of aromatic amines is 1. The monoisotopic (exact) mass is 258 g/mol. The van der Waals surface area contributed by atoms with Gasteiger partial charge in [0.15, 0.2) is 0 Å². The molecule has 1 amide bonds. The van der Waals surface area contributed by atoms with Crippen molar-refractivity contribution in [3.05, 3.63) is 36.0 Å². The Morgan fingerprint density at radius 1 is 1.42 bits per heavy atom. The predicted molar refractivity (Wildman–Crippen MR) is 74.0 cm³/mol. The number of hydrogen-bond donors (Lipinski definition) is 3. The third-order valence-electron chi connectivity index (χ3n) is 3.76. The quantitative estimate of drug-likeness (QED) is 0.768. The zero-order valence-corrected chi connectivity index (χ0v) is 10.7. The first-order valence-electron chi connectivity index (χ1n) is 6.77. The first-order chi connectivity index (χ1) is 9.28. The minimum atomic E-state index is -0.0477. The average molecular weight is 258 g/mol. The zero-order chi connectivity index (χ0) is 13.2. The minimum Gasteiger partial charge on any atom is -0.396 e. The van der Waals surface area contributed by atoms with Crippen molar-refractivity contribution in [2.24, 2.45) is 5.92 Å². The lowest BCUT2D eigenvalue weighted by molar-refractivity contribution is 0.0924. The van der Waals surface area contributed by atoms with E-state index >= 15 is 0 Å². The highest BCUT2D eigenvalue weighted by atomic mass is 16.3. The fourth-order valence-corrected chi connectivity index (χ4v) is 2.51. The number of hydrogen-bond acceptors (Lipinski definition) is 2. The summed E-state index contributed by atoms with van der Waals surface area (Å²) in [6.07, 6.45) is 4.82. The van der Waals surface area contributed by atoms with Crippen LogP contribution in [0, 0.1) is 5.92 Å². The van der Waals surface area contributed by atoms with E-state index in [-0.39, 0.29) is 18.6 Å². The highest BCUT2D eigenvalue weighted by Crippen LogP contribution is 2.34. The first-order valence-corrected chi connectivity index (χ1v) is 6.77. The summed E-state index contributed by atoms with van der Waals surface area (Å²) in [5, 5.41) is 13.1. The van der Waals surface area contributed by atoms with Gasteiger partial charge in [-0.2, -0.15) is 0 Å². The molecule has 1 aromatic heterocycles. The molecule has 0 radical (unpaired) electrons. The summed E-state index contributed by atoms with van der Waals surface area (Å²) in [5.41, 5.74) is 1.71. The molecule has 0 aliphatic heterocycles. The van der Waals surface area contributed by atoms with E-state index in [9.17, 15) is 4.79 Å². The van der Waals surface area contributed by atoms with E-state index in [1.807, 2.05) is 30.5 Å². The van der Waals surface area contributed by atoms with Gasteiger partial charge in [-0.15, -0.1) is 0 Å². The second-order valence-corrected chi connectivity index (χ2v) is 5.21. The normalized spacial score (nSPS) is 16.5. The molecule has 1 fully saturated rings. The van der Waals surface area contributed by atoms with E-state index in [0.29, 0.717) is 17.9 Å². The molecule has 1 atom stereocenters. The van der Waals surface area contributed by atoms with Crippen LogP contribution in [0.1, 0.15) is 29.6 Å². The van der Waals surface area contributed by atoms with Crippen LogP contribution < -0.4 is 5.32 Å². The number of amides is 1. The van der Waals surface area contributed by atoms with Gasteiger partial charge in [0.2, 0.25) is 0 Å². The highest BCUT2D eigenvalue weighted by molar-refractivity contribution is 5.98. The van der Waals surface area contributed by atoms with Crippen molar-refractivity contribution < 1.29 is 9.90 Å². The summed E-state index contributed by atoms with van der Waals surface area (Å²) < 4.78 is 0. The number of fused-ring (bicyclic) bond motifs is 1. The van der Waals surface area contributed by atoms with Crippen LogP contribution in [0.4, 0.5) is 0 Å². The van der Waals surface area contributed by atoms with Gasteiger partial charge in [-0.3, -0.25) is 4.79 Å². The van der Waals surface area contributed by atoms with E-state index in [1.54, 1.807) is 0 Å². The number of rotatable bonds is 5. The Labute approximate surface area is 111 Å². The number of aliphatic hydroxyl groups excluding tert-OH is 1. The lowest BCUT2D eigenvalue weighted by Gasteiger charge is -2.17. The molecule has 0 bridgehead atoms. The number of H-pyrrole nitrogens is 1. The fourth-order valence-electron chi connectivity index (χ4n) is 2.51. The maximum absolute atomic E-state index is 12.2. The minimum absolute atomic E-state index is 0.0477. The summed E-state index contributed by atoms with van der Waals surface area (Å²) in [4.78, 5) is 15.3. The number of aliphatic hydroxyl groups is 1. The van der Waals surface area contributed by atoms with E-state index in [0.717, 1.165) is 23.7 Å². The third kappa shape index (κ3) is 2.63. The Morgan fingerprint density at radius 2 is 2.26 bits per heavy atom. The van der Waals surface area contributed by atoms with Crippen LogP contribution in [-0.4, -0.2) is 28.6 Å². The average Bonchev–Trinajstić information content (AvgIpc) is 3.15. The smallest absolute Gasteiger partial charge is 0.251 e. The summed E-state index contributed by atoms with van der Waals surface area (Å²) in [6.45, 7) is 0.123. The molecular weight excluding hydrogens is 240 g/mol. The van der Waals surface area contributed by atoms with Crippen molar-refractivity contribution in [3.8, 4) is 0 Å². The van der Waals surface area contributed by atoms with Crippen molar-refractivity contribution in [2.45, 2.75) is 25.3 Å². The topological polar surface area (TPSA) is 65.1 Å². The van der Waals surface area contributed by atoms with E-state index in [2.05, 4.69) is 10.3 Å². The van der Waals surface area contributed by atoms with Crippen molar-refractivity contribution in [3.63, 3.8) is 0 Å². The number of carbonyl (C=O) groups is 1. The van der Waals surface area contributed by atoms with Crippen molar-refractivity contribution in [1.29, 1.82) is 0 Å². The Balaban J connectivity index is 1.74. The Bertz CT molecular complexity index is 587. The zero-order valence-electron chi connectivity index (χ0n) is 10.7. The van der Waals surface area contributed by atoms with Gasteiger partial charge >= 0.3 is 0 Å². The summed E-state index contributed by atoms with van der Waals surface area (Å²) in [7, 11) is 0. The molecule has 2 aromatic rings. The van der Waals surface area contributed by atoms with Crippen LogP contribution in [0.25, 0.3) is 10.9 Å². The molecule has 1 unspecified atom stereocenters. The Hall–Kier alpha value is -1.81. The number of nitrogens with one attached hydrogen (secondary N) is 2. The molecule has 3 N–H and O–H groups in total. The van der Waals surface area contributed by atoms with Gasteiger partial charge in [-0.25, -0.2) is 0 Å². The molecule has 1 aliphatic rings. The third-order valence-corrected chi connectivity index (χ3v) is 3.76. The second-order valence-electron chi connectivity index (χ2n) is 5.21. The molecule has 0 spiro atoms. The van der Waals surface area contributed by atoms with Crippen molar-refractivity contribution in [1.82, 2.24) is 10.3 Å². The van der Waals surface area contributed by atoms with Gasteiger partial charge in [0.05, 0.1) is 0 Å². The largest absolute Gasteiger partial charge is 0.396 e. The van der Waals surface area contributed by atoms with Gasteiger partial charge in [0, 0.05) is 35.3 Å². The maximum atomic E-state index is 12.2. The SMILES string of the molecule is O=C(NC(CCO)C1CC1)c1ccc2[nH]ccc2c1. The van der Waals surface area contributed by atoms with Gasteiger partial charge < -0.3 is 15.4 Å². The molecule has 1 aliphatic carbocycles. The standard InChI is InChI=1S/C15H18N2O2/c18-8-6-14(10-1-2-10)17-15(19)12-3-4-13-11(9-12)5-7-16-13/h3-5,7,9-10,14,16,18H,1-2,6,8H2,(H,17,19). The lowest BCUT2D eigenvalue weighted by atomic mass is 10.1. The number of carbonyl (C=O) groups excluding carboxylic acids is 1. The summed E-state index contributed by atoms with van der Waals surface area (Å²) in [6, 6.07) is 7.71. The van der Waals surface area contributed by atoms with Crippen LogP contribution in [0.15, 0.2) is 30.5 Å².